The van der Waals surface area contributed by atoms with E-state index in [1.54, 1.807) is 40.1 Å². The van der Waals surface area contributed by atoms with Crippen LogP contribution in [0.5, 0.6) is 0 Å². The van der Waals surface area contributed by atoms with E-state index in [4.69, 9.17) is 5.26 Å². The maximum Gasteiger partial charge on any atom is 0.346 e. The van der Waals surface area contributed by atoms with Gasteiger partial charge >= 0.3 is 5.97 Å². The van der Waals surface area contributed by atoms with Crippen molar-refractivity contribution in [2.24, 2.45) is 0 Å². The van der Waals surface area contributed by atoms with Gasteiger partial charge in [0.05, 0.1) is 0 Å². The molecule has 0 saturated carbocycles. The van der Waals surface area contributed by atoms with Gasteiger partial charge in [0.1, 0.15) is 21.6 Å². The Labute approximate surface area is 290 Å². The molecule has 0 bridgehead atoms. The molecule has 7 aromatic rings. The predicted molar refractivity (Wildman–Crippen MR) is 202 cm³/mol. The number of para-hydroxylation sites is 3. The molecular formula is C40H27N3O2S3. The van der Waals surface area contributed by atoms with Crippen LogP contribution in [0.15, 0.2) is 157 Å². The van der Waals surface area contributed by atoms with Gasteiger partial charge in [-0.05, 0) is 96.6 Å². The van der Waals surface area contributed by atoms with Gasteiger partial charge in [-0.1, -0.05) is 66.7 Å². The van der Waals surface area contributed by atoms with Crippen LogP contribution in [0.25, 0.3) is 25.6 Å². The van der Waals surface area contributed by atoms with E-state index in [1.165, 1.54) is 25.6 Å². The number of hydrogen-bond acceptors (Lipinski definition) is 7. The molecule has 232 valence electrons. The quantitative estimate of drug-likeness (QED) is 0.115. The highest BCUT2D eigenvalue weighted by Gasteiger charge is 2.18. The van der Waals surface area contributed by atoms with Gasteiger partial charge in [0.2, 0.25) is 0 Å². The summed E-state index contributed by atoms with van der Waals surface area (Å²) >= 11 is 5.29. The summed E-state index contributed by atoms with van der Waals surface area (Å²) in [6, 6.07) is 53.5. The first-order valence-corrected chi connectivity index (χ1v) is 17.5. The number of carboxylic acid groups (broad SMARTS) is 1. The zero-order valence-corrected chi connectivity index (χ0v) is 27.9. The molecule has 7 rings (SSSR count). The highest BCUT2D eigenvalue weighted by molar-refractivity contribution is 7.28. The molecule has 8 heteroatoms. The van der Waals surface area contributed by atoms with E-state index in [-0.39, 0.29) is 5.57 Å². The lowest BCUT2D eigenvalue weighted by atomic mass is 10.1. The number of aliphatic carboxylic acids is 1. The Hall–Kier alpha value is -5.72. The zero-order valence-electron chi connectivity index (χ0n) is 25.4. The van der Waals surface area contributed by atoms with E-state index >= 15 is 0 Å². The third-order valence-electron chi connectivity index (χ3n) is 7.57. The van der Waals surface area contributed by atoms with Crippen LogP contribution in [0, 0.1) is 11.3 Å². The maximum absolute atomic E-state index is 11.3. The van der Waals surface area contributed by atoms with Gasteiger partial charge < -0.3 is 14.9 Å². The molecule has 3 aromatic heterocycles. The summed E-state index contributed by atoms with van der Waals surface area (Å²) in [5.74, 6) is -1.24. The summed E-state index contributed by atoms with van der Waals surface area (Å²) < 4.78 is 0. The second-order valence-electron chi connectivity index (χ2n) is 10.7. The Morgan fingerprint density at radius 3 is 1.29 bits per heavy atom. The van der Waals surface area contributed by atoms with Crippen molar-refractivity contribution < 1.29 is 9.90 Å². The third-order valence-corrected chi connectivity index (χ3v) is 11.2. The number of nitrogens with zero attached hydrogens (tertiary/aromatic N) is 3. The number of thiophene rings is 3. The number of nitriles is 1. The fraction of sp³-hybridized carbons (Fsp3) is 0. The molecule has 0 aliphatic rings. The van der Waals surface area contributed by atoms with Crippen molar-refractivity contribution in [3.8, 4) is 25.6 Å². The fourth-order valence-electron chi connectivity index (χ4n) is 5.33. The van der Waals surface area contributed by atoms with Crippen molar-refractivity contribution in [3.63, 3.8) is 0 Å². The first-order chi connectivity index (χ1) is 23.6. The lowest BCUT2D eigenvalue weighted by Gasteiger charge is -2.23. The minimum atomic E-state index is -1.24. The van der Waals surface area contributed by atoms with Crippen LogP contribution < -0.4 is 9.80 Å². The summed E-state index contributed by atoms with van der Waals surface area (Å²) in [6.07, 6.45) is 1.38. The van der Waals surface area contributed by atoms with Gasteiger partial charge in [0.15, 0.2) is 0 Å². The van der Waals surface area contributed by atoms with Crippen molar-refractivity contribution >= 4 is 78.8 Å². The Morgan fingerprint density at radius 1 is 0.521 bits per heavy atom. The molecule has 0 atom stereocenters. The van der Waals surface area contributed by atoms with Crippen LogP contribution in [-0.4, -0.2) is 11.1 Å². The number of benzene rings is 4. The normalized spacial score (nSPS) is 11.2. The molecule has 3 heterocycles. The number of rotatable bonds is 10. The molecular weight excluding hydrogens is 651 g/mol. The molecule has 0 aliphatic heterocycles. The topological polar surface area (TPSA) is 67.6 Å². The second kappa shape index (κ2) is 14.0. The molecule has 48 heavy (non-hydrogen) atoms. The Balaban J connectivity index is 1.17. The minimum Gasteiger partial charge on any atom is -0.477 e. The third kappa shape index (κ3) is 6.57. The van der Waals surface area contributed by atoms with E-state index in [1.807, 2.05) is 54.6 Å². The average molecular weight is 678 g/mol. The molecule has 0 aliphatic carbocycles. The van der Waals surface area contributed by atoms with Crippen molar-refractivity contribution in [2.45, 2.75) is 0 Å². The summed E-state index contributed by atoms with van der Waals surface area (Å²) in [5, 5.41) is 20.6. The van der Waals surface area contributed by atoms with Crippen molar-refractivity contribution in [1.29, 1.82) is 5.26 Å². The Kier molecular flexibility index (Phi) is 8.99. The summed E-state index contributed by atoms with van der Waals surface area (Å²) in [4.78, 5) is 20.6. The first-order valence-electron chi connectivity index (χ1n) is 15.1. The number of carbonyl (C=O) groups is 1. The SMILES string of the molecule is N#CC(=Cc1ccc(N(c2ccccc2)c2ccc(-c3ccc(-c4ccc(N(c5ccccc5)c5ccccc5)s4)s3)s2)cc1)C(=O)O. The summed E-state index contributed by atoms with van der Waals surface area (Å²) in [6.45, 7) is 0. The largest absolute Gasteiger partial charge is 0.477 e. The molecule has 0 unspecified atom stereocenters. The highest BCUT2D eigenvalue weighted by atomic mass is 32.1. The molecule has 0 radical (unpaired) electrons. The van der Waals surface area contributed by atoms with Crippen molar-refractivity contribution in [1.82, 2.24) is 0 Å². The monoisotopic (exact) mass is 677 g/mol. The van der Waals surface area contributed by atoms with E-state index in [0.29, 0.717) is 5.56 Å². The molecule has 0 spiro atoms. The van der Waals surface area contributed by atoms with E-state index in [2.05, 4.69) is 107 Å². The number of carboxylic acids is 1. The summed E-state index contributed by atoms with van der Waals surface area (Å²) in [7, 11) is 0. The zero-order chi connectivity index (χ0) is 32.9. The Morgan fingerprint density at radius 2 is 0.896 bits per heavy atom. The van der Waals surface area contributed by atoms with Crippen LogP contribution in [0.2, 0.25) is 0 Å². The lowest BCUT2D eigenvalue weighted by molar-refractivity contribution is -0.132. The second-order valence-corrected chi connectivity index (χ2v) is 13.9. The molecule has 5 nitrogen and oxygen atoms in total. The first kappa shape index (κ1) is 30.9. The maximum atomic E-state index is 11.3. The fourth-order valence-corrected chi connectivity index (χ4v) is 8.61. The lowest BCUT2D eigenvalue weighted by Crippen LogP contribution is -2.08. The van der Waals surface area contributed by atoms with E-state index in [0.717, 1.165) is 32.8 Å². The standard InChI is InChI=1S/C40H27N3O2S3/c41-27-29(40(44)45)26-28-16-18-33(19-17-28)43(32-14-8-3-9-15-32)39-25-23-37(48-39)35-21-20-34(46-35)36-22-24-38(47-36)42(30-10-4-1-5-11-30)31-12-6-2-7-13-31/h1-26H,(H,44,45). The van der Waals surface area contributed by atoms with Crippen LogP contribution in [-0.2, 0) is 4.79 Å². The van der Waals surface area contributed by atoms with E-state index < -0.39 is 5.97 Å². The van der Waals surface area contributed by atoms with Crippen LogP contribution in [0.1, 0.15) is 5.56 Å². The van der Waals surface area contributed by atoms with E-state index in [9.17, 15) is 9.90 Å². The molecule has 4 aromatic carbocycles. The van der Waals surface area contributed by atoms with Gasteiger partial charge in [-0.2, -0.15) is 5.26 Å². The molecule has 0 saturated heterocycles. The van der Waals surface area contributed by atoms with Gasteiger partial charge in [-0.25, -0.2) is 4.79 Å². The number of anilines is 6. The van der Waals surface area contributed by atoms with Gasteiger partial charge in [0.25, 0.3) is 0 Å². The van der Waals surface area contributed by atoms with Gasteiger partial charge in [-0.15, -0.1) is 34.0 Å². The molecule has 0 amide bonds. The summed E-state index contributed by atoms with van der Waals surface area (Å²) in [5.41, 5.74) is 4.53. The smallest absolute Gasteiger partial charge is 0.346 e. The van der Waals surface area contributed by atoms with Crippen molar-refractivity contribution in [2.75, 3.05) is 9.80 Å². The van der Waals surface area contributed by atoms with Crippen LogP contribution in [0.3, 0.4) is 0 Å². The van der Waals surface area contributed by atoms with Crippen LogP contribution in [0.4, 0.5) is 32.8 Å². The minimum absolute atomic E-state index is 0.302. The van der Waals surface area contributed by atoms with Gasteiger partial charge in [-0.3, -0.25) is 0 Å². The Bertz CT molecular complexity index is 2190. The average Bonchev–Trinajstić information content (AvgIpc) is 3.92. The van der Waals surface area contributed by atoms with Gasteiger partial charge in [0, 0.05) is 42.3 Å². The van der Waals surface area contributed by atoms with Crippen LogP contribution >= 0.6 is 34.0 Å². The molecule has 0 fully saturated rings. The number of hydrogen-bond donors (Lipinski definition) is 1. The highest BCUT2D eigenvalue weighted by Crippen LogP contribution is 2.47. The molecule has 1 N–H and O–H groups in total. The van der Waals surface area contributed by atoms with Crippen molar-refractivity contribution in [3.05, 3.63) is 163 Å². The predicted octanol–water partition coefficient (Wildman–Crippen LogP) is 12.1.